The molecule has 0 unspecified atom stereocenters. The molecule has 5 heteroatoms. The molecule has 1 N–H and O–H groups in total. The van der Waals surface area contributed by atoms with Crippen molar-refractivity contribution < 1.29 is 9.21 Å². The van der Waals surface area contributed by atoms with E-state index < -0.39 is 0 Å². The fourth-order valence-corrected chi connectivity index (χ4v) is 3.28. The lowest BCUT2D eigenvalue weighted by Crippen LogP contribution is -2.14. The number of nitrogens with zero attached hydrogens (tertiary/aromatic N) is 1. The van der Waals surface area contributed by atoms with Gasteiger partial charge >= 0.3 is 0 Å². The molecule has 1 amide bonds. The third kappa shape index (κ3) is 4.03. The van der Waals surface area contributed by atoms with Crippen LogP contribution in [0.1, 0.15) is 36.7 Å². The van der Waals surface area contributed by atoms with E-state index in [4.69, 9.17) is 16.0 Å². The second-order valence-electron chi connectivity index (χ2n) is 7.96. The number of aromatic nitrogens is 1. The molecule has 4 nitrogen and oxygen atoms in total. The van der Waals surface area contributed by atoms with Crippen LogP contribution in [0, 0.1) is 0 Å². The zero-order chi connectivity index (χ0) is 20.6. The van der Waals surface area contributed by atoms with E-state index in [1.54, 1.807) is 18.2 Å². The number of anilines is 1. The van der Waals surface area contributed by atoms with Gasteiger partial charge in [-0.05, 0) is 53.4 Å². The Bertz CT molecular complexity index is 1190. The van der Waals surface area contributed by atoms with Crippen LogP contribution in [0.5, 0.6) is 0 Å². The normalized spacial score (nSPS) is 11.6. The Morgan fingerprint density at radius 1 is 1.00 bits per heavy atom. The minimum Gasteiger partial charge on any atom is -0.436 e. The van der Waals surface area contributed by atoms with E-state index in [0.29, 0.717) is 38.8 Å². The topological polar surface area (TPSA) is 55.1 Å². The molecule has 0 radical (unpaired) electrons. The quantitative estimate of drug-likeness (QED) is 0.413. The molecule has 0 aliphatic carbocycles. The molecule has 0 saturated heterocycles. The van der Waals surface area contributed by atoms with Gasteiger partial charge in [0.05, 0.1) is 11.3 Å². The minimum absolute atomic E-state index is 0.0392. The van der Waals surface area contributed by atoms with Crippen molar-refractivity contribution in [1.29, 1.82) is 0 Å². The lowest BCUT2D eigenvalue weighted by atomic mass is 9.87. The summed E-state index contributed by atoms with van der Waals surface area (Å²) in [5, 5.41) is 3.57. The Morgan fingerprint density at radius 3 is 2.45 bits per heavy atom. The summed E-state index contributed by atoms with van der Waals surface area (Å²) in [5.41, 5.74) is 4.47. The molecule has 0 atom stereocenters. The number of carbonyl (C=O) groups excluding carboxylic acids is 1. The number of amides is 1. The van der Waals surface area contributed by atoms with Gasteiger partial charge in [0.1, 0.15) is 5.52 Å². The van der Waals surface area contributed by atoms with Gasteiger partial charge in [-0.2, -0.15) is 0 Å². The molecular formula is C24H21ClN2O2. The van der Waals surface area contributed by atoms with Crippen molar-refractivity contribution in [1.82, 2.24) is 4.98 Å². The van der Waals surface area contributed by atoms with Crippen LogP contribution < -0.4 is 5.32 Å². The van der Waals surface area contributed by atoms with Crippen LogP contribution in [-0.2, 0) is 5.41 Å². The highest BCUT2D eigenvalue weighted by molar-refractivity contribution is 6.31. The van der Waals surface area contributed by atoms with Crippen LogP contribution in [0.4, 0.5) is 5.69 Å². The van der Waals surface area contributed by atoms with Gasteiger partial charge in [0.25, 0.3) is 5.91 Å². The highest BCUT2D eigenvalue weighted by atomic mass is 35.5. The van der Waals surface area contributed by atoms with Crippen LogP contribution in [-0.4, -0.2) is 10.9 Å². The Morgan fingerprint density at radius 2 is 1.72 bits per heavy atom. The van der Waals surface area contributed by atoms with Crippen molar-refractivity contribution in [3.63, 3.8) is 0 Å². The van der Waals surface area contributed by atoms with E-state index in [-0.39, 0.29) is 11.3 Å². The van der Waals surface area contributed by atoms with E-state index in [0.717, 1.165) is 0 Å². The Kier molecular flexibility index (Phi) is 4.89. The van der Waals surface area contributed by atoms with Gasteiger partial charge in [0.15, 0.2) is 5.58 Å². The monoisotopic (exact) mass is 404 g/mol. The van der Waals surface area contributed by atoms with E-state index in [9.17, 15) is 4.79 Å². The third-order valence-corrected chi connectivity index (χ3v) is 5.00. The molecule has 29 heavy (non-hydrogen) atoms. The summed E-state index contributed by atoms with van der Waals surface area (Å²) < 4.78 is 5.87. The van der Waals surface area contributed by atoms with Gasteiger partial charge in [-0.25, -0.2) is 4.98 Å². The summed E-state index contributed by atoms with van der Waals surface area (Å²) in [6.07, 6.45) is 0. The predicted octanol–water partition coefficient (Wildman–Crippen LogP) is 6.70. The summed E-state index contributed by atoms with van der Waals surface area (Å²) in [7, 11) is 0. The molecule has 0 aliphatic rings. The third-order valence-electron chi connectivity index (χ3n) is 4.77. The van der Waals surface area contributed by atoms with Crippen molar-refractivity contribution >= 4 is 34.3 Å². The largest absolute Gasteiger partial charge is 0.436 e. The molecule has 0 saturated carbocycles. The molecule has 0 aliphatic heterocycles. The van der Waals surface area contributed by atoms with E-state index in [1.807, 2.05) is 48.5 Å². The molecule has 146 valence electrons. The summed E-state index contributed by atoms with van der Waals surface area (Å²) in [6.45, 7) is 6.43. The first kappa shape index (κ1) is 19.2. The number of carbonyl (C=O) groups is 1. The first-order valence-electron chi connectivity index (χ1n) is 9.39. The van der Waals surface area contributed by atoms with Gasteiger partial charge in [-0.15, -0.1) is 0 Å². The van der Waals surface area contributed by atoms with Gasteiger partial charge in [-0.3, -0.25) is 4.79 Å². The highest BCUT2D eigenvalue weighted by Crippen LogP contribution is 2.31. The van der Waals surface area contributed by atoms with Crippen LogP contribution >= 0.6 is 11.6 Å². The number of halogens is 1. The number of fused-ring (bicyclic) bond motifs is 1. The fourth-order valence-electron chi connectivity index (χ4n) is 3.11. The SMILES string of the molecule is CC(C)(C)c1ccc(C(=O)Nc2ccccc2-c2nc3cc(Cl)ccc3o2)cc1. The summed E-state index contributed by atoms with van der Waals surface area (Å²) >= 11 is 6.04. The molecule has 4 aromatic rings. The molecule has 1 heterocycles. The maximum Gasteiger partial charge on any atom is 0.255 e. The van der Waals surface area contributed by atoms with E-state index in [2.05, 4.69) is 31.1 Å². The zero-order valence-electron chi connectivity index (χ0n) is 16.5. The molecule has 0 fully saturated rings. The molecule has 1 aromatic heterocycles. The summed E-state index contributed by atoms with van der Waals surface area (Å²) in [6, 6.07) is 20.4. The lowest BCUT2D eigenvalue weighted by molar-refractivity contribution is 0.102. The second-order valence-corrected chi connectivity index (χ2v) is 8.39. The van der Waals surface area contributed by atoms with E-state index >= 15 is 0 Å². The number of benzene rings is 3. The minimum atomic E-state index is -0.183. The summed E-state index contributed by atoms with van der Waals surface area (Å²) in [4.78, 5) is 17.3. The van der Waals surface area contributed by atoms with Gasteiger partial charge in [0.2, 0.25) is 5.89 Å². The van der Waals surface area contributed by atoms with Crippen LogP contribution in [0.2, 0.25) is 5.02 Å². The first-order chi connectivity index (χ1) is 13.8. The van der Waals surface area contributed by atoms with E-state index in [1.165, 1.54) is 5.56 Å². The molecule has 0 spiro atoms. The van der Waals surface area contributed by atoms with Crippen LogP contribution in [0.25, 0.3) is 22.6 Å². The number of rotatable bonds is 3. The lowest BCUT2D eigenvalue weighted by Gasteiger charge is -2.19. The maximum absolute atomic E-state index is 12.8. The number of nitrogens with one attached hydrogen (secondary N) is 1. The van der Waals surface area contributed by atoms with Crippen LogP contribution in [0.15, 0.2) is 71.1 Å². The second kappa shape index (κ2) is 7.37. The molecule has 4 rings (SSSR count). The smallest absolute Gasteiger partial charge is 0.255 e. The van der Waals surface area contributed by atoms with Crippen molar-refractivity contribution in [3.8, 4) is 11.5 Å². The van der Waals surface area contributed by atoms with Crippen molar-refractivity contribution in [2.75, 3.05) is 5.32 Å². The van der Waals surface area contributed by atoms with Crippen LogP contribution in [0.3, 0.4) is 0 Å². The molecule has 3 aromatic carbocycles. The van der Waals surface area contributed by atoms with Gasteiger partial charge in [0, 0.05) is 10.6 Å². The van der Waals surface area contributed by atoms with Crippen molar-refractivity contribution in [3.05, 3.63) is 82.9 Å². The average Bonchev–Trinajstić information content (AvgIpc) is 3.10. The number of hydrogen-bond acceptors (Lipinski definition) is 3. The van der Waals surface area contributed by atoms with Crippen molar-refractivity contribution in [2.45, 2.75) is 26.2 Å². The summed E-state index contributed by atoms with van der Waals surface area (Å²) in [5.74, 6) is 0.248. The molecule has 0 bridgehead atoms. The van der Waals surface area contributed by atoms with Crippen molar-refractivity contribution in [2.24, 2.45) is 0 Å². The fraction of sp³-hybridized carbons (Fsp3) is 0.167. The predicted molar refractivity (Wildman–Crippen MR) is 118 cm³/mol. The maximum atomic E-state index is 12.8. The van der Waals surface area contributed by atoms with Gasteiger partial charge in [-0.1, -0.05) is 56.6 Å². The Balaban J connectivity index is 1.63. The molecular weight excluding hydrogens is 384 g/mol. The highest BCUT2D eigenvalue weighted by Gasteiger charge is 2.17. The standard InChI is InChI=1S/C24H21ClN2O2/c1-24(2,3)16-10-8-15(9-11-16)22(28)26-19-7-5-4-6-18(19)23-27-20-14-17(25)12-13-21(20)29-23/h4-14H,1-3H3,(H,26,28). The number of oxazole rings is 1. The van der Waals surface area contributed by atoms with Gasteiger partial charge < -0.3 is 9.73 Å². The average molecular weight is 405 g/mol. The zero-order valence-corrected chi connectivity index (χ0v) is 17.2. The number of hydrogen-bond donors (Lipinski definition) is 1. The first-order valence-corrected chi connectivity index (χ1v) is 9.76. The number of para-hydroxylation sites is 1. The Labute approximate surface area is 174 Å². The Hall–Kier alpha value is -3.11.